The minimum absolute atomic E-state index is 0.258. The van der Waals surface area contributed by atoms with Crippen molar-refractivity contribution in [3.05, 3.63) is 89.5 Å². The summed E-state index contributed by atoms with van der Waals surface area (Å²) in [5, 5.41) is 1.68. The third-order valence-corrected chi connectivity index (χ3v) is 6.56. The Morgan fingerprint density at radius 1 is 0.944 bits per heavy atom. The Morgan fingerprint density at radius 3 is 2.28 bits per heavy atom. The number of carbonyl (C=O) groups is 3. The number of fused-ring (bicyclic) bond motifs is 1. The van der Waals surface area contributed by atoms with Crippen molar-refractivity contribution in [1.29, 1.82) is 0 Å². The van der Waals surface area contributed by atoms with E-state index in [0.717, 1.165) is 21.7 Å². The Kier molecular flexibility index (Phi) is 6.20. The zero-order valence-corrected chi connectivity index (χ0v) is 20.2. The van der Waals surface area contributed by atoms with Crippen LogP contribution in [0.25, 0.3) is 0 Å². The summed E-state index contributed by atoms with van der Waals surface area (Å²) in [5.74, 6) is -1.32. The van der Waals surface area contributed by atoms with Gasteiger partial charge in [0.05, 0.1) is 36.7 Å². The maximum absolute atomic E-state index is 13.8. The molecule has 0 aromatic heterocycles. The van der Waals surface area contributed by atoms with Crippen LogP contribution in [0.1, 0.15) is 34.5 Å². The van der Waals surface area contributed by atoms with Crippen molar-refractivity contribution in [2.45, 2.75) is 26.0 Å². The van der Waals surface area contributed by atoms with Crippen molar-refractivity contribution in [1.82, 2.24) is 0 Å². The average molecular weight is 487 g/mol. The molecule has 184 valence electrons. The number of nitrogens with zero attached hydrogens (tertiary/aromatic N) is 2. The van der Waals surface area contributed by atoms with Crippen LogP contribution in [0.3, 0.4) is 0 Å². The van der Waals surface area contributed by atoms with Crippen molar-refractivity contribution in [3.63, 3.8) is 0 Å². The molecule has 2 aliphatic heterocycles. The maximum Gasteiger partial charge on any atom is 0.338 e. The van der Waals surface area contributed by atoms with E-state index in [1.807, 2.05) is 55.5 Å². The molecule has 0 N–H and O–H groups in total. The molecule has 2 amide bonds. The van der Waals surface area contributed by atoms with Crippen LogP contribution in [-0.2, 0) is 19.2 Å². The predicted molar refractivity (Wildman–Crippen MR) is 133 cm³/mol. The molecule has 2 heterocycles. The molecule has 0 bridgehead atoms. The normalized spacial score (nSPS) is 21.0. The van der Waals surface area contributed by atoms with Crippen LogP contribution in [0.15, 0.2) is 72.8 Å². The molecule has 0 radical (unpaired) electrons. The number of anilines is 2. The van der Waals surface area contributed by atoms with Crippen LogP contribution >= 0.6 is 0 Å². The van der Waals surface area contributed by atoms with E-state index in [4.69, 9.17) is 14.3 Å². The quantitative estimate of drug-likeness (QED) is 0.381. The number of rotatable bonds is 6. The van der Waals surface area contributed by atoms with E-state index in [9.17, 15) is 14.4 Å². The fourth-order valence-electron chi connectivity index (χ4n) is 4.79. The molecule has 8 nitrogen and oxygen atoms in total. The van der Waals surface area contributed by atoms with Crippen LogP contribution in [0.2, 0.25) is 0 Å². The van der Waals surface area contributed by atoms with Crippen LogP contribution in [-0.4, -0.2) is 37.6 Å². The molecule has 5 rings (SSSR count). The van der Waals surface area contributed by atoms with Crippen LogP contribution < -0.4 is 14.7 Å². The summed E-state index contributed by atoms with van der Waals surface area (Å²) < 4.78 is 10.3. The number of hydrogen-bond donors (Lipinski definition) is 0. The number of aryl methyl sites for hydroxylation is 1. The first kappa shape index (κ1) is 23.6. The monoisotopic (exact) mass is 486 g/mol. The molecule has 2 aliphatic rings. The number of hydrogen-bond acceptors (Lipinski definition) is 7. The molecule has 0 saturated carbocycles. The van der Waals surface area contributed by atoms with E-state index in [0.29, 0.717) is 17.0 Å². The number of methoxy groups -OCH3 is 1. The number of amides is 2. The number of ether oxygens (including phenoxy) is 2. The second-order valence-corrected chi connectivity index (χ2v) is 8.66. The first-order valence-electron chi connectivity index (χ1n) is 11.7. The van der Waals surface area contributed by atoms with Gasteiger partial charge in [-0.05, 0) is 67.4 Å². The highest BCUT2D eigenvalue weighted by Crippen LogP contribution is 2.48. The maximum atomic E-state index is 13.8. The second kappa shape index (κ2) is 9.47. The lowest BCUT2D eigenvalue weighted by molar-refractivity contribution is -0.126. The zero-order valence-electron chi connectivity index (χ0n) is 20.2. The molecule has 3 aromatic carbocycles. The molecule has 2 fully saturated rings. The smallest absolute Gasteiger partial charge is 0.338 e. The Balaban J connectivity index is 1.52. The van der Waals surface area contributed by atoms with E-state index in [-0.39, 0.29) is 12.5 Å². The van der Waals surface area contributed by atoms with Gasteiger partial charge >= 0.3 is 5.97 Å². The summed E-state index contributed by atoms with van der Waals surface area (Å²) in [6.45, 7) is 3.94. The lowest BCUT2D eigenvalue weighted by Gasteiger charge is -2.29. The topological polar surface area (TPSA) is 85.4 Å². The summed E-state index contributed by atoms with van der Waals surface area (Å²) in [4.78, 5) is 46.6. The van der Waals surface area contributed by atoms with Gasteiger partial charge in [0, 0.05) is 0 Å². The summed E-state index contributed by atoms with van der Waals surface area (Å²) in [6.07, 6.45) is -0.978. The molecule has 0 aliphatic carbocycles. The van der Waals surface area contributed by atoms with Gasteiger partial charge in [-0.1, -0.05) is 30.3 Å². The van der Waals surface area contributed by atoms with Crippen molar-refractivity contribution >= 4 is 29.2 Å². The van der Waals surface area contributed by atoms with Gasteiger partial charge in [-0.15, -0.1) is 0 Å². The van der Waals surface area contributed by atoms with Gasteiger partial charge in [0.2, 0.25) is 5.91 Å². The van der Waals surface area contributed by atoms with Gasteiger partial charge in [0.25, 0.3) is 5.91 Å². The van der Waals surface area contributed by atoms with E-state index < -0.39 is 29.9 Å². The lowest BCUT2D eigenvalue weighted by Crippen LogP contribution is -2.37. The number of para-hydroxylation sites is 1. The third kappa shape index (κ3) is 3.89. The highest BCUT2D eigenvalue weighted by molar-refractivity contribution is 6.24. The van der Waals surface area contributed by atoms with Crippen molar-refractivity contribution < 1.29 is 28.7 Å². The predicted octanol–water partition coefficient (Wildman–Crippen LogP) is 4.23. The molecule has 2 saturated heterocycles. The van der Waals surface area contributed by atoms with Crippen LogP contribution in [0.5, 0.6) is 5.75 Å². The first-order valence-corrected chi connectivity index (χ1v) is 11.7. The van der Waals surface area contributed by atoms with Crippen molar-refractivity contribution in [2.24, 2.45) is 5.92 Å². The molecule has 3 aromatic rings. The Hall–Kier alpha value is -4.17. The van der Waals surface area contributed by atoms with Gasteiger partial charge in [-0.25, -0.2) is 14.8 Å². The standard InChI is InChI=1S/C28H26N2O6/c1-4-35-28(33)19-9-13-20(14-10-19)29-26(31)23-24(18-11-15-21(34-3)16-12-18)30(36-25(23)27(29)32)22-8-6-5-7-17(22)2/h5-16,23-25H,4H2,1-3H3. The van der Waals surface area contributed by atoms with Gasteiger partial charge in [-0.2, -0.15) is 0 Å². The number of carbonyl (C=O) groups excluding carboxylic acids is 3. The summed E-state index contributed by atoms with van der Waals surface area (Å²) in [6, 6.07) is 20.8. The van der Waals surface area contributed by atoms with Crippen LogP contribution in [0, 0.1) is 12.8 Å². The highest BCUT2D eigenvalue weighted by atomic mass is 16.7. The highest BCUT2D eigenvalue weighted by Gasteiger charge is 2.60. The van der Waals surface area contributed by atoms with E-state index in [2.05, 4.69) is 0 Å². The fraction of sp³-hybridized carbons (Fsp3) is 0.250. The molecule has 0 spiro atoms. The summed E-state index contributed by atoms with van der Waals surface area (Å²) in [7, 11) is 1.59. The molecule has 36 heavy (non-hydrogen) atoms. The first-order chi connectivity index (χ1) is 17.4. The number of esters is 1. The van der Waals surface area contributed by atoms with Gasteiger partial charge in [0.1, 0.15) is 11.7 Å². The minimum Gasteiger partial charge on any atom is -0.497 e. The van der Waals surface area contributed by atoms with Crippen LogP contribution in [0.4, 0.5) is 11.4 Å². The van der Waals surface area contributed by atoms with E-state index >= 15 is 0 Å². The third-order valence-electron chi connectivity index (χ3n) is 6.56. The Labute approximate surface area is 208 Å². The summed E-state index contributed by atoms with van der Waals surface area (Å²) >= 11 is 0. The Bertz CT molecular complexity index is 1300. The minimum atomic E-state index is -0.978. The Morgan fingerprint density at radius 2 is 1.64 bits per heavy atom. The van der Waals surface area contributed by atoms with E-state index in [1.165, 1.54) is 0 Å². The summed E-state index contributed by atoms with van der Waals surface area (Å²) in [5.41, 5.74) is 3.30. The molecular weight excluding hydrogens is 460 g/mol. The zero-order chi connectivity index (χ0) is 25.4. The van der Waals surface area contributed by atoms with Gasteiger partial charge < -0.3 is 9.47 Å². The van der Waals surface area contributed by atoms with Crippen molar-refractivity contribution in [2.75, 3.05) is 23.7 Å². The second-order valence-electron chi connectivity index (χ2n) is 8.66. The SMILES string of the molecule is CCOC(=O)c1ccc(N2C(=O)C3ON(c4ccccc4C)C(c4ccc(OC)cc4)C3C2=O)cc1. The molecule has 8 heteroatoms. The van der Waals surface area contributed by atoms with E-state index in [1.54, 1.807) is 43.4 Å². The van der Waals surface area contributed by atoms with Crippen molar-refractivity contribution in [3.8, 4) is 5.75 Å². The molecule has 3 unspecified atom stereocenters. The average Bonchev–Trinajstić information content (AvgIpc) is 3.40. The van der Waals surface area contributed by atoms with Gasteiger partial charge in [-0.3, -0.25) is 14.4 Å². The van der Waals surface area contributed by atoms with Gasteiger partial charge in [0.15, 0.2) is 6.10 Å². The fourth-order valence-corrected chi connectivity index (χ4v) is 4.79. The number of hydroxylamine groups is 1. The molecular formula is C28H26N2O6. The number of benzene rings is 3. The largest absolute Gasteiger partial charge is 0.497 e. The number of imide groups is 1. The molecule has 3 atom stereocenters. The lowest BCUT2D eigenvalue weighted by atomic mass is 9.90.